The maximum absolute atomic E-state index is 12.5. The van der Waals surface area contributed by atoms with Crippen LogP contribution in [0.2, 0.25) is 0 Å². The molecule has 1 saturated heterocycles. The molecule has 1 aliphatic heterocycles. The maximum atomic E-state index is 12.5. The van der Waals surface area contributed by atoms with Crippen molar-refractivity contribution in [3.8, 4) is 11.5 Å². The van der Waals surface area contributed by atoms with E-state index >= 15 is 0 Å². The fourth-order valence-electron chi connectivity index (χ4n) is 3.34. The molecule has 26 heavy (non-hydrogen) atoms. The maximum Gasteiger partial charge on any atom is 0.340 e. The highest BCUT2D eigenvalue weighted by atomic mass is 16.4. The van der Waals surface area contributed by atoms with Crippen LogP contribution in [-0.2, 0) is 16.0 Å². The zero-order valence-corrected chi connectivity index (χ0v) is 14.2. The van der Waals surface area contributed by atoms with E-state index in [2.05, 4.69) is 0 Å². The Bertz CT molecular complexity index is 939. The number of hydrogen-bond donors (Lipinski definition) is 2. The van der Waals surface area contributed by atoms with Crippen LogP contribution in [0.25, 0.3) is 11.0 Å². The summed E-state index contributed by atoms with van der Waals surface area (Å²) in [5, 5.41) is 30.7. The Labute approximate surface area is 148 Å². The molecule has 1 amide bonds. The van der Waals surface area contributed by atoms with Gasteiger partial charge in [-0.3, -0.25) is 4.79 Å². The number of fused-ring (bicyclic) bond motifs is 1. The lowest BCUT2D eigenvalue weighted by Gasteiger charge is -2.32. The Morgan fingerprint density at radius 3 is 2.54 bits per heavy atom. The molecule has 8 nitrogen and oxygen atoms in total. The first-order chi connectivity index (χ1) is 12.3. The predicted molar refractivity (Wildman–Crippen MR) is 88.6 cm³/mol. The van der Waals surface area contributed by atoms with Gasteiger partial charge in [0.05, 0.1) is 17.4 Å². The van der Waals surface area contributed by atoms with E-state index in [9.17, 15) is 29.7 Å². The number of carbonyl (C=O) groups is 2. The van der Waals surface area contributed by atoms with E-state index in [0.29, 0.717) is 18.4 Å². The van der Waals surface area contributed by atoms with E-state index < -0.39 is 17.5 Å². The second-order valence-electron chi connectivity index (χ2n) is 6.48. The van der Waals surface area contributed by atoms with Gasteiger partial charge in [-0.2, -0.15) is 0 Å². The fourth-order valence-corrected chi connectivity index (χ4v) is 3.34. The van der Waals surface area contributed by atoms with Crippen LogP contribution in [0.15, 0.2) is 21.3 Å². The van der Waals surface area contributed by atoms with Crippen molar-refractivity contribution in [2.24, 2.45) is 5.92 Å². The van der Waals surface area contributed by atoms with Gasteiger partial charge in [-0.25, -0.2) is 4.79 Å². The molecule has 0 aliphatic carbocycles. The van der Waals surface area contributed by atoms with Gasteiger partial charge in [0.15, 0.2) is 0 Å². The van der Waals surface area contributed by atoms with Gasteiger partial charge in [0.25, 0.3) is 0 Å². The van der Waals surface area contributed by atoms with Crippen molar-refractivity contribution in [1.29, 1.82) is 0 Å². The smallest absolute Gasteiger partial charge is 0.340 e. The number of rotatable bonds is 3. The number of carbonyl (C=O) groups excluding carboxylic acids is 2. The van der Waals surface area contributed by atoms with Crippen molar-refractivity contribution in [2.45, 2.75) is 26.2 Å². The lowest BCUT2D eigenvalue weighted by atomic mass is 9.96. The number of likely N-dealkylation sites (tertiary alicyclic amines) is 1. The molecule has 3 rings (SSSR count). The van der Waals surface area contributed by atoms with Crippen LogP contribution in [0.3, 0.4) is 0 Å². The van der Waals surface area contributed by atoms with Crippen LogP contribution in [0, 0.1) is 12.8 Å². The Morgan fingerprint density at radius 1 is 1.27 bits per heavy atom. The highest BCUT2D eigenvalue weighted by Crippen LogP contribution is 2.32. The number of piperidine rings is 1. The molecule has 0 unspecified atom stereocenters. The van der Waals surface area contributed by atoms with Crippen LogP contribution < -0.4 is 10.7 Å². The Morgan fingerprint density at radius 2 is 1.92 bits per heavy atom. The van der Waals surface area contributed by atoms with Gasteiger partial charge in [0, 0.05) is 37.1 Å². The van der Waals surface area contributed by atoms with Crippen LogP contribution >= 0.6 is 0 Å². The topological polar surface area (TPSA) is 131 Å². The highest BCUT2D eigenvalue weighted by molar-refractivity contribution is 5.90. The van der Waals surface area contributed by atoms with Crippen molar-refractivity contribution in [1.82, 2.24) is 4.90 Å². The van der Waals surface area contributed by atoms with Crippen molar-refractivity contribution in [2.75, 3.05) is 13.1 Å². The number of carboxylic acids is 1. The van der Waals surface area contributed by atoms with Crippen molar-refractivity contribution in [3.05, 3.63) is 33.7 Å². The summed E-state index contributed by atoms with van der Waals surface area (Å²) in [4.78, 5) is 37.1. The van der Waals surface area contributed by atoms with Gasteiger partial charge in [-0.15, -0.1) is 0 Å². The van der Waals surface area contributed by atoms with Crippen molar-refractivity contribution >= 4 is 22.8 Å². The third-order valence-electron chi connectivity index (χ3n) is 4.85. The first-order valence-corrected chi connectivity index (χ1v) is 8.24. The Balaban J connectivity index is 1.86. The summed E-state index contributed by atoms with van der Waals surface area (Å²) < 4.78 is 5.14. The second kappa shape index (κ2) is 6.70. The van der Waals surface area contributed by atoms with Crippen LogP contribution in [0.4, 0.5) is 0 Å². The SMILES string of the molecule is Cc1c(CC(=O)N2CCC(C(=O)[O-])CC2)c(=O)oc2cc(O)cc(O)c12. The molecule has 0 radical (unpaired) electrons. The first kappa shape index (κ1) is 17.8. The van der Waals surface area contributed by atoms with Gasteiger partial charge in [-0.1, -0.05) is 0 Å². The summed E-state index contributed by atoms with van der Waals surface area (Å²) in [5.74, 6) is -2.46. The number of aryl methyl sites for hydroxylation is 1. The van der Waals surface area contributed by atoms with Crippen LogP contribution in [0.5, 0.6) is 11.5 Å². The molecule has 1 aromatic carbocycles. The van der Waals surface area contributed by atoms with E-state index in [4.69, 9.17) is 4.42 Å². The molecule has 1 fully saturated rings. The number of hydrogen-bond acceptors (Lipinski definition) is 7. The monoisotopic (exact) mass is 360 g/mol. The third-order valence-corrected chi connectivity index (χ3v) is 4.85. The summed E-state index contributed by atoms with van der Waals surface area (Å²) in [7, 11) is 0. The Kier molecular flexibility index (Phi) is 4.58. The van der Waals surface area contributed by atoms with Gasteiger partial charge in [-0.05, 0) is 25.3 Å². The summed E-state index contributed by atoms with van der Waals surface area (Å²) in [6.07, 6.45) is 0.430. The third kappa shape index (κ3) is 3.22. The van der Waals surface area contributed by atoms with Crippen molar-refractivity contribution in [3.63, 3.8) is 0 Å². The Hall–Kier alpha value is -3.03. The lowest BCUT2D eigenvalue weighted by molar-refractivity contribution is -0.312. The fraction of sp³-hybridized carbons (Fsp3) is 0.389. The summed E-state index contributed by atoms with van der Waals surface area (Å²) in [5.41, 5.74) is -0.133. The van der Waals surface area contributed by atoms with E-state index in [1.54, 1.807) is 6.92 Å². The number of benzene rings is 1. The molecule has 1 aliphatic rings. The van der Waals surface area contributed by atoms with Crippen LogP contribution in [-0.4, -0.2) is 40.1 Å². The normalized spacial score (nSPS) is 15.3. The average Bonchev–Trinajstić information content (AvgIpc) is 2.57. The quantitative estimate of drug-likeness (QED) is 0.739. The molecule has 8 heteroatoms. The molecule has 0 atom stereocenters. The largest absolute Gasteiger partial charge is 0.550 e. The summed E-state index contributed by atoms with van der Waals surface area (Å²) in [6.45, 7) is 2.17. The number of amides is 1. The predicted octanol–water partition coefficient (Wildman–Crippen LogP) is 0.0436. The first-order valence-electron chi connectivity index (χ1n) is 8.24. The van der Waals surface area contributed by atoms with Gasteiger partial charge < -0.3 is 29.4 Å². The van der Waals surface area contributed by atoms with Gasteiger partial charge in [0.2, 0.25) is 5.91 Å². The lowest BCUT2D eigenvalue weighted by Crippen LogP contribution is -2.44. The highest BCUT2D eigenvalue weighted by Gasteiger charge is 2.25. The number of nitrogens with zero attached hydrogens (tertiary/aromatic N) is 1. The number of phenols is 2. The average molecular weight is 360 g/mol. The molecule has 138 valence electrons. The number of aliphatic carboxylic acids is 1. The molecular weight excluding hydrogens is 342 g/mol. The summed E-state index contributed by atoms with van der Waals surface area (Å²) >= 11 is 0. The van der Waals surface area contributed by atoms with E-state index in [0.717, 1.165) is 6.07 Å². The zero-order valence-electron chi connectivity index (χ0n) is 14.2. The van der Waals surface area contributed by atoms with E-state index in [1.165, 1.54) is 11.0 Å². The van der Waals surface area contributed by atoms with Gasteiger partial charge in [0.1, 0.15) is 17.1 Å². The molecule has 0 bridgehead atoms. The van der Waals surface area contributed by atoms with Crippen LogP contribution in [0.1, 0.15) is 24.0 Å². The number of aromatic hydroxyl groups is 2. The molecule has 1 aromatic heterocycles. The second-order valence-corrected chi connectivity index (χ2v) is 6.48. The molecule has 0 spiro atoms. The van der Waals surface area contributed by atoms with Gasteiger partial charge >= 0.3 is 5.63 Å². The molecule has 2 N–H and O–H groups in total. The minimum atomic E-state index is -1.11. The van der Waals surface area contributed by atoms with E-state index in [1.807, 2.05) is 0 Å². The number of carboxylic acid groups (broad SMARTS) is 1. The van der Waals surface area contributed by atoms with E-state index in [-0.39, 0.29) is 53.4 Å². The number of phenolic OH excluding ortho intramolecular Hbond substituents is 2. The zero-order chi connectivity index (χ0) is 19.0. The molecule has 2 heterocycles. The minimum absolute atomic E-state index is 0.0379. The minimum Gasteiger partial charge on any atom is -0.550 e. The molecule has 2 aromatic rings. The van der Waals surface area contributed by atoms with Crippen molar-refractivity contribution < 1.29 is 29.3 Å². The standard InChI is InChI=1S/C18H19NO7/c1-9-12(8-15(22)19-4-2-10(3-5-19)17(23)24)18(25)26-14-7-11(20)6-13(21)16(9)14/h6-7,10,20-21H,2-5,8H2,1H3,(H,23,24)/p-1. The molecular formula is C18H18NO7-. The molecule has 0 saturated carbocycles. The summed E-state index contributed by atoms with van der Waals surface area (Å²) in [6, 6.07) is 2.35.